The number of aryl methyl sites for hydroxylation is 1. The van der Waals surface area contributed by atoms with Gasteiger partial charge in [-0.2, -0.15) is 0 Å². The number of rotatable bonds is 3. The zero-order valence-electron chi connectivity index (χ0n) is 9.10. The highest BCUT2D eigenvalue weighted by atomic mass is 16.6. The van der Waals surface area contributed by atoms with Crippen molar-refractivity contribution in [1.82, 2.24) is 0 Å². The normalized spacial score (nSPS) is 19.7. The van der Waals surface area contributed by atoms with Crippen LogP contribution >= 0.6 is 0 Å². The average molecular weight is 222 g/mol. The molecule has 0 radical (unpaired) electrons. The zero-order valence-corrected chi connectivity index (χ0v) is 9.10. The monoisotopic (exact) mass is 222 g/mol. The molecule has 16 heavy (non-hydrogen) atoms. The first-order valence-corrected chi connectivity index (χ1v) is 5.26. The second-order valence-corrected chi connectivity index (χ2v) is 3.96. The Balaban J connectivity index is 2.12. The van der Waals surface area contributed by atoms with Crippen molar-refractivity contribution in [2.45, 2.75) is 19.4 Å². The maximum Gasteiger partial charge on any atom is 0.269 e. The number of non-ortho nitro benzene ring substituents is 1. The summed E-state index contributed by atoms with van der Waals surface area (Å²) >= 11 is 0. The van der Waals surface area contributed by atoms with Crippen molar-refractivity contribution in [3.8, 4) is 0 Å². The van der Waals surface area contributed by atoms with Crippen LogP contribution in [0.15, 0.2) is 18.2 Å². The summed E-state index contributed by atoms with van der Waals surface area (Å²) < 4.78 is 5.26. The summed E-state index contributed by atoms with van der Waals surface area (Å²) in [4.78, 5) is 10.2. The van der Waals surface area contributed by atoms with Crippen LogP contribution in [0.4, 0.5) is 11.4 Å². The Morgan fingerprint density at radius 2 is 2.38 bits per heavy atom. The molecule has 1 aromatic rings. The van der Waals surface area contributed by atoms with E-state index in [1.165, 1.54) is 6.07 Å². The van der Waals surface area contributed by atoms with Gasteiger partial charge < -0.3 is 10.1 Å². The molecule has 1 atom stereocenters. The molecule has 0 amide bonds. The molecule has 5 nitrogen and oxygen atoms in total. The topological polar surface area (TPSA) is 64.4 Å². The van der Waals surface area contributed by atoms with Crippen molar-refractivity contribution >= 4 is 11.4 Å². The fourth-order valence-electron chi connectivity index (χ4n) is 1.79. The van der Waals surface area contributed by atoms with Crippen LogP contribution in [0.1, 0.15) is 12.0 Å². The van der Waals surface area contributed by atoms with Crippen LogP contribution < -0.4 is 5.32 Å². The van der Waals surface area contributed by atoms with Crippen LogP contribution in [0.5, 0.6) is 0 Å². The van der Waals surface area contributed by atoms with Gasteiger partial charge in [-0.15, -0.1) is 0 Å². The molecule has 0 spiro atoms. The molecule has 1 aromatic carbocycles. The maximum absolute atomic E-state index is 10.6. The van der Waals surface area contributed by atoms with Gasteiger partial charge in [0.15, 0.2) is 0 Å². The number of anilines is 1. The van der Waals surface area contributed by atoms with Gasteiger partial charge in [0.05, 0.1) is 17.6 Å². The second kappa shape index (κ2) is 4.49. The third kappa shape index (κ3) is 2.30. The van der Waals surface area contributed by atoms with Gasteiger partial charge in [-0.25, -0.2) is 0 Å². The molecule has 1 aliphatic rings. The molecular weight excluding hydrogens is 208 g/mol. The number of nitro benzene ring substituents is 1. The van der Waals surface area contributed by atoms with Crippen LogP contribution in [-0.2, 0) is 4.74 Å². The molecule has 1 unspecified atom stereocenters. The minimum Gasteiger partial charge on any atom is -0.380 e. The number of nitrogens with zero attached hydrogens (tertiary/aromatic N) is 1. The van der Waals surface area contributed by atoms with Crippen molar-refractivity contribution < 1.29 is 9.66 Å². The number of hydrogen-bond donors (Lipinski definition) is 1. The van der Waals surface area contributed by atoms with Gasteiger partial charge in [-0.3, -0.25) is 10.1 Å². The number of ether oxygens (including phenoxy) is 1. The summed E-state index contributed by atoms with van der Waals surface area (Å²) in [7, 11) is 0. The highest BCUT2D eigenvalue weighted by Gasteiger charge is 2.16. The lowest BCUT2D eigenvalue weighted by atomic mass is 10.1. The highest BCUT2D eigenvalue weighted by Crippen LogP contribution is 2.23. The molecule has 0 aromatic heterocycles. The van der Waals surface area contributed by atoms with Crippen LogP contribution in [-0.4, -0.2) is 24.2 Å². The van der Waals surface area contributed by atoms with E-state index in [1.54, 1.807) is 12.1 Å². The third-order valence-corrected chi connectivity index (χ3v) is 2.71. The lowest BCUT2D eigenvalue weighted by Gasteiger charge is -2.14. The largest absolute Gasteiger partial charge is 0.380 e. The molecule has 0 saturated carbocycles. The number of nitro groups is 1. The summed E-state index contributed by atoms with van der Waals surface area (Å²) in [6, 6.07) is 5.18. The van der Waals surface area contributed by atoms with Crippen molar-refractivity contribution in [2.24, 2.45) is 0 Å². The summed E-state index contributed by atoms with van der Waals surface area (Å²) in [5.41, 5.74) is 1.97. The van der Waals surface area contributed by atoms with E-state index < -0.39 is 0 Å². The van der Waals surface area contributed by atoms with E-state index in [0.29, 0.717) is 12.6 Å². The number of benzene rings is 1. The maximum atomic E-state index is 10.6. The molecule has 0 aliphatic carbocycles. The SMILES string of the molecule is Cc1cc([N+](=O)[O-])ccc1NC1CCOC1. The first kappa shape index (κ1) is 10.9. The summed E-state index contributed by atoms with van der Waals surface area (Å²) in [5.74, 6) is 0. The first-order valence-electron chi connectivity index (χ1n) is 5.26. The van der Waals surface area contributed by atoms with E-state index in [0.717, 1.165) is 24.3 Å². The fourth-order valence-corrected chi connectivity index (χ4v) is 1.79. The molecule has 0 bridgehead atoms. The molecule has 5 heteroatoms. The highest BCUT2D eigenvalue weighted by molar-refractivity contribution is 5.55. The lowest BCUT2D eigenvalue weighted by molar-refractivity contribution is -0.384. The number of nitrogens with one attached hydrogen (secondary N) is 1. The van der Waals surface area contributed by atoms with E-state index in [1.807, 2.05) is 6.92 Å². The number of hydrogen-bond acceptors (Lipinski definition) is 4. The van der Waals surface area contributed by atoms with Gasteiger partial charge in [-0.05, 0) is 25.0 Å². The van der Waals surface area contributed by atoms with E-state index in [2.05, 4.69) is 5.32 Å². The van der Waals surface area contributed by atoms with Gasteiger partial charge in [0.1, 0.15) is 0 Å². The standard InChI is InChI=1S/C11H14N2O3/c1-8-6-10(13(14)15)2-3-11(8)12-9-4-5-16-7-9/h2-3,6,9,12H,4-5,7H2,1H3. The van der Waals surface area contributed by atoms with Gasteiger partial charge in [0, 0.05) is 24.4 Å². The van der Waals surface area contributed by atoms with Gasteiger partial charge >= 0.3 is 0 Å². The van der Waals surface area contributed by atoms with Crippen LogP contribution in [0.2, 0.25) is 0 Å². The van der Waals surface area contributed by atoms with Gasteiger partial charge in [0.2, 0.25) is 0 Å². The minimum atomic E-state index is -0.380. The van der Waals surface area contributed by atoms with Crippen molar-refractivity contribution in [3.05, 3.63) is 33.9 Å². The summed E-state index contributed by atoms with van der Waals surface area (Å²) in [6.45, 7) is 3.35. The quantitative estimate of drug-likeness (QED) is 0.628. The van der Waals surface area contributed by atoms with E-state index in [4.69, 9.17) is 4.74 Å². The van der Waals surface area contributed by atoms with Crippen molar-refractivity contribution in [1.29, 1.82) is 0 Å². The second-order valence-electron chi connectivity index (χ2n) is 3.96. The van der Waals surface area contributed by atoms with E-state index >= 15 is 0 Å². The van der Waals surface area contributed by atoms with E-state index in [9.17, 15) is 10.1 Å². The predicted molar refractivity (Wildman–Crippen MR) is 60.7 cm³/mol. The average Bonchev–Trinajstić information content (AvgIpc) is 2.73. The van der Waals surface area contributed by atoms with Crippen LogP contribution in [0.3, 0.4) is 0 Å². The molecule has 1 aliphatic heterocycles. The Labute approximate surface area is 93.6 Å². The molecule has 2 rings (SSSR count). The molecule has 1 saturated heterocycles. The Morgan fingerprint density at radius 1 is 1.56 bits per heavy atom. The van der Waals surface area contributed by atoms with Crippen molar-refractivity contribution in [3.63, 3.8) is 0 Å². The van der Waals surface area contributed by atoms with Crippen LogP contribution in [0.25, 0.3) is 0 Å². The van der Waals surface area contributed by atoms with Crippen molar-refractivity contribution in [2.75, 3.05) is 18.5 Å². The zero-order chi connectivity index (χ0) is 11.5. The Bertz CT molecular complexity index is 400. The summed E-state index contributed by atoms with van der Waals surface area (Å²) in [5, 5.41) is 13.9. The summed E-state index contributed by atoms with van der Waals surface area (Å²) in [6.07, 6.45) is 0.983. The fraction of sp³-hybridized carbons (Fsp3) is 0.455. The smallest absolute Gasteiger partial charge is 0.269 e. The minimum absolute atomic E-state index is 0.130. The molecule has 86 valence electrons. The molecule has 1 N–H and O–H groups in total. The Morgan fingerprint density at radius 3 is 2.94 bits per heavy atom. The Hall–Kier alpha value is -1.62. The van der Waals surface area contributed by atoms with E-state index in [-0.39, 0.29) is 10.6 Å². The third-order valence-electron chi connectivity index (χ3n) is 2.71. The first-order chi connectivity index (χ1) is 7.66. The lowest BCUT2D eigenvalue weighted by Crippen LogP contribution is -2.19. The van der Waals surface area contributed by atoms with Gasteiger partial charge in [-0.1, -0.05) is 0 Å². The predicted octanol–water partition coefficient (Wildman–Crippen LogP) is 2.10. The Kier molecular flexibility index (Phi) is 3.05. The molecule has 1 fully saturated rings. The molecule has 1 heterocycles. The van der Waals surface area contributed by atoms with Gasteiger partial charge in [0.25, 0.3) is 5.69 Å². The molecular formula is C11H14N2O3. The van der Waals surface area contributed by atoms with Crippen LogP contribution in [0, 0.1) is 17.0 Å².